The summed E-state index contributed by atoms with van der Waals surface area (Å²) in [5.74, 6) is 0. The summed E-state index contributed by atoms with van der Waals surface area (Å²) in [4.78, 5) is 4.08. The van der Waals surface area contributed by atoms with Crippen LogP contribution in [0, 0.1) is 0 Å². The van der Waals surface area contributed by atoms with Gasteiger partial charge in [0.1, 0.15) is 0 Å². The molecule has 0 aromatic carbocycles. The van der Waals surface area contributed by atoms with E-state index in [4.69, 9.17) is 0 Å². The van der Waals surface area contributed by atoms with Gasteiger partial charge in [-0.05, 0) is 38.9 Å². The summed E-state index contributed by atoms with van der Waals surface area (Å²) >= 11 is 0. The summed E-state index contributed by atoms with van der Waals surface area (Å²) in [5, 5.41) is 3.23. The van der Waals surface area contributed by atoms with Gasteiger partial charge in [-0.3, -0.25) is 4.98 Å². The van der Waals surface area contributed by atoms with E-state index in [1.165, 1.54) is 11.1 Å². The largest absolute Gasteiger partial charge is 0.317 e. The fraction of sp³-hybridized carbons (Fsp3) is 0.417. The Balaban J connectivity index is 2.60. The number of nitrogens with one attached hydrogen (secondary N) is 1. The zero-order valence-corrected chi connectivity index (χ0v) is 9.12. The molecule has 1 aromatic rings. The Kier molecular flexibility index (Phi) is 4.33. The van der Waals surface area contributed by atoms with Crippen molar-refractivity contribution >= 4 is 6.08 Å². The fourth-order valence-electron chi connectivity index (χ4n) is 1.39. The molecule has 2 nitrogen and oxygen atoms in total. The summed E-state index contributed by atoms with van der Waals surface area (Å²) in [6.45, 7) is 4.33. The lowest BCUT2D eigenvalue weighted by atomic mass is 10.1. The van der Waals surface area contributed by atoms with Gasteiger partial charge in [-0.2, -0.15) is 0 Å². The Bertz CT molecular complexity index is 290. The van der Waals surface area contributed by atoms with E-state index in [1.807, 2.05) is 19.3 Å². The Morgan fingerprint density at radius 3 is 3.00 bits per heavy atom. The van der Waals surface area contributed by atoms with Gasteiger partial charge in [0, 0.05) is 18.4 Å². The van der Waals surface area contributed by atoms with Gasteiger partial charge in [-0.15, -0.1) is 0 Å². The molecule has 1 rings (SSSR count). The van der Waals surface area contributed by atoms with E-state index in [0.717, 1.165) is 6.42 Å². The minimum absolute atomic E-state index is 0.530. The minimum atomic E-state index is 0.530. The van der Waals surface area contributed by atoms with Crippen molar-refractivity contribution in [3.05, 3.63) is 35.7 Å². The minimum Gasteiger partial charge on any atom is -0.317 e. The first-order valence-electron chi connectivity index (χ1n) is 4.97. The van der Waals surface area contributed by atoms with Crippen LogP contribution in [0.5, 0.6) is 0 Å². The van der Waals surface area contributed by atoms with E-state index in [1.54, 1.807) is 6.20 Å². The molecule has 0 saturated heterocycles. The molecule has 0 saturated carbocycles. The highest BCUT2D eigenvalue weighted by atomic mass is 14.8. The van der Waals surface area contributed by atoms with Crippen molar-refractivity contribution in [2.45, 2.75) is 26.3 Å². The van der Waals surface area contributed by atoms with Crippen molar-refractivity contribution in [2.75, 3.05) is 7.05 Å². The van der Waals surface area contributed by atoms with Crippen LogP contribution in [0.25, 0.3) is 6.08 Å². The number of hydrogen-bond donors (Lipinski definition) is 1. The highest BCUT2D eigenvalue weighted by Crippen LogP contribution is 2.09. The maximum Gasteiger partial charge on any atom is 0.0340 e. The second-order valence-corrected chi connectivity index (χ2v) is 3.67. The summed E-state index contributed by atoms with van der Waals surface area (Å²) < 4.78 is 0. The van der Waals surface area contributed by atoms with E-state index in [2.05, 4.69) is 36.3 Å². The molecule has 76 valence electrons. The van der Waals surface area contributed by atoms with Gasteiger partial charge in [0.05, 0.1) is 0 Å². The first-order chi connectivity index (χ1) is 6.72. The summed E-state index contributed by atoms with van der Waals surface area (Å²) in [7, 11) is 1.99. The van der Waals surface area contributed by atoms with Crippen LogP contribution in [0.15, 0.2) is 30.1 Å². The van der Waals surface area contributed by atoms with Crippen LogP contribution >= 0.6 is 0 Å². The van der Waals surface area contributed by atoms with Gasteiger partial charge in [0.2, 0.25) is 0 Å². The molecular weight excluding hydrogens is 172 g/mol. The van der Waals surface area contributed by atoms with E-state index in [-0.39, 0.29) is 0 Å². The van der Waals surface area contributed by atoms with Crippen LogP contribution in [0.2, 0.25) is 0 Å². The molecule has 0 aliphatic heterocycles. The van der Waals surface area contributed by atoms with Crippen LogP contribution in [0.4, 0.5) is 0 Å². The molecule has 0 spiro atoms. The van der Waals surface area contributed by atoms with Crippen LogP contribution < -0.4 is 5.32 Å². The van der Waals surface area contributed by atoms with Gasteiger partial charge >= 0.3 is 0 Å². The van der Waals surface area contributed by atoms with Crippen LogP contribution in [0.1, 0.15) is 25.8 Å². The molecule has 14 heavy (non-hydrogen) atoms. The molecule has 1 unspecified atom stereocenters. The normalized spacial score (nSPS) is 14.1. The van der Waals surface area contributed by atoms with Crippen molar-refractivity contribution in [1.29, 1.82) is 0 Å². The summed E-state index contributed by atoms with van der Waals surface area (Å²) in [6, 6.07) is 4.56. The van der Waals surface area contributed by atoms with Gasteiger partial charge in [0.15, 0.2) is 0 Å². The molecule has 1 atom stereocenters. The molecule has 0 amide bonds. The van der Waals surface area contributed by atoms with Crippen molar-refractivity contribution in [1.82, 2.24) is 10.3 Å². The fourth-order valence-corrected chi connectivity index (χ4v) is 1.39. The van der Waals surface area contributed by atoms with E-state index < -0.39 is 0 Å². The highest BCUT2D eigenvalue weighted by molar-refractivity contribution is 5.50. The third-order valence-corrected chi connectivity index (χ3v) is 2.22. The Morgan fingerprint density at radius 1 is 1.64 bits per heavy atom. The second-order valence-electron chi connectivity index (χ2n) is 3.67. The van der Waals surface area contributed by atoms with E-state index >= 15 is 0 Å². The molecule has 0 bridgehead atoms. The quantitative estimate of drug-likeness (QED) is 0.789. The first-order valence-corrected chi connectivity index (χ1v) is 4.97. The summed E-state index contributed by atoms with van der Waals surface area (Å²) in [5.41, 5.74) is 2.55. The molecular formula is C12H18N2. The Hall–Kier alpha value is -1.15. The van der Waals surface area contributed by atoms with Crippen LogP contribution in [-0.2, 0) is 0 Å². The number of nitrogens with zero attached hydrogens (tertiary/aromatic N) is 1. The SMILES string of the molecule is CNC(C)C/C(C)=C\c1cccnc1. The van der Waals surface area contributed by atoms with Gasteiger partial charge < -0.3 is 5.32 Å². The second kappa shape index (κ2) is 5.55. The Morgan fingerprint density at radius 2 is 2.43 bits per heavy atom. The predicted molar refractivity (Wildman–Crippen MR) is 61.0 cm³/mol. The van der Waals surface area contributed by atoms with Crippen LogP contribution in [-0.4, -0.2) is 18.1 Å². The Labute approximate surface area is 86.1 Å². The van der Waals surface area contributed by atoms with E-state index in [9.17, 15) is 0 Å². The topological polar surface area (TPSA) is 24.9 Å². The van der Waals surface area contributed by atoms with Gasteiger partial charge in [-0.1, -0.05) is 17.7 Å². The molecule has 1 heterocycles. The average molecular weight is 190 g/mol. The maximum absolute atomic E-state index is 4.08. The summed E-state index contributed by atoms with van der Waals surface area (Å²) in [6.07, 6.45) is 6.93. The lowest BCUT2D eigenvalue weighted by Gasteiger charge is -2.09. The number of pyridine rings is 1. The van der Waals surface area contributed by atoms with Crippen molar-refractivity contribution in [3.63, 3.8) is 0 Å². The van der Waals surface area contributed by atoms with Gasteiger partial charge in [0.25, 0.3) is 0 Å². The average Bonchev–Trinajstić information content (AvgIpc) is 2.19. The highest BCUT2D eigenvalue weighted by Gasteiger charge is 1.98. The van der Waals surface area contributed by atoms with Crippen molar-refractivity contribution < 1.29 is 0 Å². The monoisotopic (exact) mass is 190 g/mol. The molecule has 1 N–H and O–H groups in total. The predicted octanol–water partition coefficient (Wildman–Crippen LogP) is 2.48. The third-order valence-electron chi connectivity index (χ3n) is 2.22. The molecule has 0 aliphatic rings. The molecule has 1 aromatic heterocycles. The van der Waals surface area contributed by atoms with Crippen molar-refractivity contribution in [3.8, 4) is 0 Å². The zero-order valence-electron chi connectivity index (χ0n) is 9.12. The number of hydrogen-bond acceptors (Lipinski definition) is 2. The molecule has 0 aliphatic carbocycles. The number of rotatable bonds is 4. The maximum atomic E-state index is 4.08. The van der Waals surface area contributed by atoms with Crippen molar-refractivity contribution in [2.24, 2.45) is 0 Å². The lowest BCUT2D eigenvalue weighted by molar-refractivity contribution is 0.607. The standard InChI is InChI=1S/C12H18N2/c1-10(7-11(2)13-3)8-12-5-4-6-14-9-12/h4-6,8-9,11,13H,7H2,1-3H3/b10-8-. The molecule has 2 heteroatoms. The third kappa shape index (κ3) is 3.71. The molecule has 0 radical (unpaired) electrons. The first kappa shape index (κ1) is 10.9. The van der Waals surface area contributed by atoms with Crippen LogP contribution in [0.3, 0.4) is 0 Å². The number of aromatic nitrogens is 1. The molecule has 0 fully saturated rings. The van der Waals surface area contributed by atoms with E-state index in [0.29, 0.717) is 6.04 Å². The van der Waals surface area contributed by atoms with Gasteiger partial charge in [-0.25, -0.2) is 0 Å². The lowest BCUT2D eigenvalue weighted by Crippen LogP contribution is -2.20. The zero-order chi connectivity index (χ0) is 10.4. The smallest absolute Gasteiger partial charge is 0.0340 e.